The average molecular weight is 344 g/mol. The van der Waals surface area contributed by atoms with Crippen LogP contribution in [0.25, 0.3) is 11.3 Å². The molecule has 2 heterocycles. The third kappa shape index (κ3) is 4.24. The van der Waals surface area contributed by atoms with Crippen LogP contribution in [0.2, 0.25) is 0 Å². The Morgan fingerprint density at radius 3 is 2.84 bits per heavy atom. The number of carboxylic acid groups (broad SMARTS) is 1. The molecule has 0 radical (unpaired) electrons. The molecule has 3 rings (SSSR count). The molecule has 7 nitrogen and oxygen atoms in total. The maximum Gasteiger partial charge on any atom is 0.328 e. The van der Waals surface area contributed by atoms with Crippen LogP contribution in [0.1, 0.15) is 18.7 Å². The molecule has 0 bridgehead atoms. The van der Waals surface area contributed by atoms with E-state index in [4.69, 9.17) is 9.15 Å². The molecule has 1 saturated heterocycles. The van der Waals surface area contributed by atoms with Crippen LogP contribution < -0.4 is 0 Å². The Balaban J connectivity index is 1.52. The highest BCUT2D eigenvalue weighted by Gasteiger charge is 2.32. The van der Waals surface area contributed by atoms with E-state index in [1.54, 1.807) is 6.20 Å². The van der Waals surface area contributed by atoms with Gasteiger partial charge in [-0.3, -0.25) is 4.79 Å². The lowest BCUT2D eigenvalue weighted by Crippen LogP contribution is -2.52. The number of oxazole rings is 1. The van der Waals surface area contributed by atoms with Crippen molar-refractivity contribution < 1.29 is 23.8 Å². The van der Waals surface area contributed by atoms with Gasteiger partial charge in [0, 0.05) is 24.9 Å². The molecule has 1 aromatic heterocycles. The summed E-state index contributed by atoms with van der Waals surface area (Å²) in [6, 6.07) is 8.78. The first-order valence-electron chi connectivity index (χ1n) is 8.25. The van der Waals surface area contributed by atoms with E-state index in [9.17, 15) is 14.7 Å². The summed E-state index contributed by atoms with van der Waals surface area (Å²) in [6.45, 7) is 0.726. The largest absolute Gasteiger partial charge is 0.480 e. The predicted molar refractivity (Wildman–Crippen MR) is 88.8 cm³/mol. The van der Waals surface area contributed by atoms with Gasteiger partial charge in [0.1, 0.15) is 0 Å². The first kappa shape index (κ1) is 17.2. The van der Waals surface area contributed by atoms with E-state index in [0.29, 0.717) is 37.6 Å². The minimum absolute atomic E-state index is 0.0429. The normalized spacial score (nSPS) is 17.4. The Hall–Kier alpha value is -2.67. The van der Waals surface area contributed by atoms with E-state index in [0.717, 1.165) is 5.56 Å². The number of aromatic nitrogens is 1. The molecular weight excluding hydrogens is 324 g/mol. The number of aryl methyl sites for hydroxylation is 1. The molecule has 0 unspecified atom stereocenters. The minimum Gasteiger partial charge on any atom is -0.480 e. The first-order valence-corrected chi connectivity index (χ1v) is 8.25. The zero-order chi connectivity index (χ0) is 17.6. The third-order valence-electron chi connectivity index (χ3n) is 4.13. The molecule has 1 N–H and O–H groups in total. The molecule has 1 aliphatic rings. The summed E-state index contributed by atoms with van der Waals surface area (Å²) in [5, 5.41) is 9.17. The summed E-state index contributed by atoms with van der Waals surface area (Å²) < 4.78 is 10.8. The van der Waals surface area contributed by atoms with Crippen LogP contribution in [0, 0.1) is 0 Å². The fraction of sp³-hybridized carbons (Fsp3) is 0.389. The molecule has 25 heavy (non-hydrogen) atoms. The van der Waals surface area contributed by atoms with Crippen molar-refractivity contribution in [3.8, 4) is 11.3 Å². The molecule has 0 spiro atoms. The van der Waals surface area contributed by atoms with Gasteiger partial charge in [-0.05, 0) is 6.42 Å². The van der Waals surface area contributed by atoms with E-state index >= 15 is 0 Å². The zero-order valence-corrected chi connectivity index (χ0v) is 13.8. The number of morpholine rings is 1. The molecule has 1 aliphatic heterocycles. The molecule has 0 saturated carbocycles. The van der Waals surface area contributed by atoms with Crippen LogP contribution in [0.15, 0.2) is 40.9 Å². The van der Waals surface area contributed by atoms with E-state index in [2.05, 4.69) is 4.98 Å². The molecule has 1 amide bonds. The Labute approximate surface area is 145 Å². The number of hydrogen-bond acceptors (Lipinski definition) is 5. The van der Waals surface area contributed by atoms with Crippen molar-refractivity contribution in [3.05, 3.63) is 42.4 Å². The van der Waals surface area contributed by atoms with Gasteiger partial charge in [0.25, 0.3) is 0 Å². The van der Waals surface area contributed by atoms with Crippen molar-refractivity contribution in [1.82, 2.24) is 9.88 Å². The highest BCUT2D eigenvalue weighted by Crippen LogP contribution is 2.20. The summed E-state index contributed by atoms with van der Waals surface area (Å²) in [5.74, 6) is 0.0586. The van der Waals surface area contributed by atoms with Crippen molar-refractivity contribution in [1.29, 1.82) is 0 Å². The van der Waals surface area contributed by atoms with Crippen molar-refractivity contribution in [2.75, 3.05) is 19.8 Å². The summed E-state index contributed by atoms with van der Waals surface area (Å²) in [6.07, 6.45) is 3.01. The Kier molecular flexibility index (Phi) is 5.45. The van der Waals surface area contributed by atoms with E-state index in [-0.39, 0.29) is 18.9 Å². The molecule has 1 atom stereocenters. The Morgan fingerprint density at radius 2 is 2.08 bits per heavy atom. The molecule has 1 fully saturated rings. The predicted octanol–water partition coefficient (Wildman–Crippen LogP) is 1.98. The Morgan fingerprint density at radius 1 is 1.28 bits per heavy atom. The van der Waals surface area contributed by atoms with Crippen LogP contribution >= 0.6 is 0 Å². The number of nitrogens with zero attached hydrogens (tertiary/aromatic N) is 2. The topological polar surface area (TPSA) is 92.9 Å². The third-order valence-corrected chi connectivity index (χ3v) is 4.13. The monoisotopic (exact) mass is 344 g/mol. The van der Waals surface area contributed by atoms with E-state index < -0.39 is 12.0 Å². The summed E-state index contributed by atoms with van der Waals surface area (Å²) >= 11 is 0. The van der Waals surface area contributed by atoms with Crippen molar-refractivity contribution in [2.45, 2.75) is 25.3 Å². The lowest BCUT2D eigenvalue weighted by atomic mass is 10.1. The second-order valence-electron chi connectivity index (χ2n) is 5.85. The SMILES string of the molecule is O=C(O)[C@@H]1COCCN1C(=O)CCCc1ncc(-c2ccccc2)o1. The number of hydrogen-bond donors (Lipinski definition) is 1. The smallest absolute Gasteiger partial charge is 0.328 e. The number of benzene rings is 1. The van der Waals surface area contributed by atoms with Crippen LogP contribution in [0.4, 0.5) is 0 Å². The van der Waals surface area contributed by atoms with Gasteiger partial charge in [-0.1, -0.05) is 30.3 Å². The standard InChI is InChI=1S/C18H20N2O5/c21-17(20-9-10-24-12-14(20)18(22)23)8-4-7-16-19-11-15(25-16)13-5-2-1-3-6-13/h1-3,5-6,11,14H,4,7-10,12H2,(H,22,23)/t14-/m0/s1. The number of ether oxygens (including phenoxy) is 1. The van der Waals surface area contributed by atoms with Gasteiger partial charge in [-0.15, -0.1) is 0 Å². The van der Waals surface area contributed by atoms with Crippen molar-refractivity contribution >= 4 is 11.9 Å². The molecule has 2 aromatic rings. The zero-order valence-electron chi connectivity index (χ0n) is 13.8. The molecule has 7 heteroatoms. The van der Waals surface area contributed by atoms with Gasteiger partial charge in [-0.25, -0.2) is 9.78 Å². The quantitative estimate of drug-likeness (QED) is 0.861. The van der Waals surface area contributed by atoms with Crippen molar-refractivity contribution in [3.63, 3.8) is 0 Å². The average Bonchev–Trinajstić information content (AvgIpc) is 3.11. The highest BCUT2D eigenvalue weighted by molar-refractivity contribution is 5.84. The first-order chi connectivity index (χ1) is 12.1. The summed E-state index contributed by atoms with van der Waals surface area (Å²) in [5.41, 5.74) is 0.954. The van der Waals surface area contributed by atoms with Gasteiger partial charge >= 0.3 is 5.97 Å². The van der Waals surface area contributed by atoms with Crippen molar-refractivity contribution in [2.24, 2.45) is 0 Å². The number of amides is 1. The van der Waals surface area contributed by atoms with E-state index in [1.165, 1.54) is 4.90 Å². The van der Waals surface area contributed by atoms with Crippen LogP contribution in [0.5, 0.6) is 0 Å². The summed E-state index contributed by atoms with van der Waals surface area (Å²) in [7, 11) is 0. The molecule has 0 aliphatic carbocycles. The molecule has 132 valence electrons. The fourth-order valence-corrected chi connectivity index (χ4v) is 2.80. The summed E-state index contributed by atoms with van der Waals surface area (Å²) in [4.78, 5) is 29.1. The second-order valence-corrected chi connectivity index (χ2v) is 5.85. The second kappa shape index (κ2) is 7.94. The molecule has 1 aromatic carbocycles. The number of carboxylic acids is 1. The number of rotatable bonds is 6. The molecular formula is C18H20N2O5. The van der Waals surface area contributed by atoms with Gasteiger partial charge in [0.2, 0.25) is 5.91 Å². The lowest BCUT2D eigenvalue weighted by Gasteiger charge is -2.32. The maximum absolute atomic E-state index is 12.3. The lowest BCUT2D eigenvalue weighted by molar-refractivity contribution is -0.158. The van der Waals surface area contributed by atoms with Crippen LogP contribution in [-0.4, -0.2) is 52.7 Å². The van der Waals surface area contributed by atoms with Gasteiger partial charge in [0.15, 0.2) is 17.7 Å². The minimum atomic E-state index is -1.03. The van der Waals surface area contributed by atoms with Gasteiger partial charge in [-0.2, -0.15) is 0 Å². The van der Waals surface area contributed by atoms with Crippen LogP contribution in [0.3, 0.4) is 0 Å². The fourth-order valence-electron chi connectivity index (χ4n) is 2.80. The number of carbonyl (C=O) groups excluding carboxylic acids is 1. The van der Waals surface area contributed by atoms with Gasteiger partial charge in [0.05, 0.1) is 19.4 Å². The van der Waals surface area contributed by atoms with Gasteiger partial charge < -0.3 is 19.2 Å². The van der Waals surface area contributed by atoms with Crippen LogP contribution in [-0.2, 0) is 20.7 Å². The number of carbonyl (C=O) groups is 2. The number of aliphatic carboxylic acids is 1. The van der Waals surface area contributed by atoms with E-state index in [1.807, 2.05) is 30.3 Å². The highest BCUT2D eigenvalue weighted by atomic mass is 16.5. The maximum atomic E-state index is 12.3. The Bertz CT molecular complexity index is 728.